The molecule has 3 fully saturated rings. The van der Waals surface area contributed by atoms with Crippen molar-refractivity contribution in [2.45, 2.75) is 37.9 Å². The van der Waals surface area contributed by atoms with Crippen LogP contribution in [0.4, 0.5) is 0 Å². The molecule has 1 saturated carbocycles. The zero-order valence-electron chi connectivity index (χ0n) is 15.1. The van der Waals surface area contributed by atoms with Gasteiger partial charge in [0.05, 0.1) is 13.2 Å². The molecule has 3 atom stereocenters. The highest BCUT2D eigenvalue weighted by Gasteiger charge is 2.47. The SMILES string of the molecule is COc1ncccc1CN1C[C@H]2C[C@@H](C(=O)NCC3CC3)N(C)[C@H]2C1. The number of aromatic nitrogens is 1. The third-order valence-electron chi connectivity index (χ3n) is 6.02. The van der Waals surface area contributed by atoms with Crippen LogP contribution >= 0.6 is 0 Å². The molecule has 2 saturated heterocycles. The summed E-state index contributed by atoms with van der Waals surface area (Å²) in [6.07, 6.45) is 5.29. The first-order valence-corrected chi connectivity index (χ1v) is 9.35. The lowest BCUT2D eigenvalue weighted by molar-refractivity contribution is -0.125. The number of likely N-dealkylation sites (N-methyl/N-ethyl adjacent to an activating group) is 1. The Morgan fingerprint density at radius 2 is 2.24 bits per heavy atom. The van der Waals surface area contributed by atoms with Crippen molar-refractivity contribution >= 4 is 5.91 Å². The standard InChI is InChI=1S/C19H28N4O2/c1-22-16(18(24)21-9-13-5-6-13)8-15-11-23(12-17(15)22)10-14-4-3-7-20-19(14)25-2/h3-4,7,13,15-17H,5-6,8-12H2,1-2H3,(H,21,24)/t15-,16+,17+/m1/s1. The molecule has 2 aliphatic heterocycles. The van der Waals surface area contributed by atoms with Gasteiger partial charge in [-0.2, -0.15) is 0 Å². The fraction of sp³-hybridized carbons (Fsp3) is 0.684. The number of carbonyl (C=O) groups is 1. The zero-order chi connectivity index (χ0) is 17.4. The van der Waals surface area contributed by atoms with Crippen LogP contribution in [-0.4, -0.2) is 66.6 Å². The Hall–Kier alpha value is -1.66. The molecule has 0 radical (unpaired) electrons. The molecule has 6 heteroatoms. The molecular formula is C19H28N4O2. The van der Waals surface area contributed by atoms with Crippen LogP contribution in [0.2, 0.25) is 0 Å². The van der Waals surface area contributed by atoms with Gasteiger partial charge in [0.15, 0.2) is 0 Å². The number of nitrogens with one attached hydrogen (secondary N) is 1. The van der Waals surface area contributed by atoms with Gasteiger partial charge in [-0.3, -0.25) is 14.6 Å². The average molecular weight is 344 g/mol. The van der Waals surface area contributed by atoms with Crippen LogP contribution < -0.4 is 10.1 Å². The van der Waals surface area contributed by atoms with Crippen molar-refractivity contribution in [2.24, 2.45) is 11.8 Å². The number of likely N-dealkylation sites (tertiary alicyclic amines) is 2. The molecule has 0 aromatic carbocycles. The number of pyridine rings is 1. The van der Waals surface area contributed by atoms with Crippen molar-refractivity contribution in [2.75, 3.05) is 33.8 Å². The number of amides is 1. The lowest BCUT2D eigenvalue weighted by atomic mass is 10.0. The van der Waals surface area contributed by atoms with Crippen molar-refractivity contribution in [3.8, 4) is 5.88 Å². The van der Waals surface area contributed by atoms with Gasteiger partial charge in [-0.1, -0.05) is 6.07 Å². The maximum atomic E-state index is 12.5. The summed E-state index contributed by atoms with van der Waals surface area (Å²) in [5, 5.41) is 3.15. The van der Waals surface area contributed by atoms with E-state index in [1.807, 2.05) is 6.07 Å². The summed E-state index contributed by atoms with van der Waals surface area (Å²) in [6, 6.07) is 4.56. The number of carbonyl (C=O) groups excluding carboxylic acids is 1. The molecule has 1 aliphatic carbocycles. The van der Waals surface area contributed by atoms with E-state index in [4.69, 9.17) is 4.74 Å². The first-order chi connectivity index (χ1) is 12.2. The number of ether oxygens (including phenoxy) is 1. The summed E-state index contributed by atoms with van der Waals surface area (Å²) in [5.41, 5.74) is 1.13. The van der Waals surface area contributed by atoms with Crippen LogP contribution in [0.3, 0.4) is 0 Å². The van der Waals surface area contributed by atoms with Gasteiger partial charge in [0.25, 0.3) is 0 Å². The van der Waals surface area contributed by atoms with Crippen LogP contribution in [0.25, 0.3) is 0 Å². The van der Waals surface area contributed by atoms with Crippen LogP contribution in [0.5, 0.6) is 5.88 Å². The molecule has 1 amide bonds. The van der Waals surface area contributed by atoms with E-state index in [-0.39, 0.29) is 11.9 Å². The lowest BCUT2D eigenvalue weighted by Crippen LogP contribution is -2.46. The second-order valence-corrected chi connectivity index (χ2v) is 7.80. The molecule has 6 nitrogen and oxygen atoms in total. The topological polar surface area (TPSA) is 57.7 Å². The van der Waals surface area contributed by atoms with Gasteiger partial charge in [-0.05, 0) is 44.2 Å². The third kappa shape index (κ3) is 3.51. The van der Waals surface area contributed by atoms with E-state index in [2.05, 4.69) is 33.2 Å². The van der Waals surface area contributed by atoms with E-state index >= 15 is 0 Å². The molecule has 4 rings (SSSR count). The smallest absolute Gasteiger partial charge is 0.237 e. The Kier molecular flexibility index (Phi) is 4.65. The minimum atomic E-state index is 0.0452. The average Bonchev–Trinajstić information content (AvgIpc) is 3.29. The van der Waals surface area contributed by atoms with E-state index < -0.39 is 0 Å². The molecular weight excluding hydrogens is 316 g/mol. The molecule has 3 heterocycles. The molecule has 0 bridgehead atoms. The Balaban J connectivity index is 1.33. The highest BCUT2D eigenvalue weighted by Crippen LogP contribution is 2.36. The van der Waals surface area contributed by atoms with Gasteiger partial charge in [-0.15, -0.1) is 0 Å². The summed E-state index contributed by atoms with van der Waals surface area (Å²) in [6.45, 7) is 3.77. The lowest BCUT2D eigenvalue weighted by Gasteiger charge is -2.26. The fourth-order valence-corrected chi connectivity index (χ4v) is 4.39. The minimum Gasteiger partial charge on any atom is -0.481 e. The van der Waals surface area contributed by atoms with Crippen LogP contribution in [0, 0.1) is 11.8 Å². The zero-order valence-corrected chi connectivity index (χ0v) is 15.1. The number of hydrogen-bond acceptors (Lipinski definition) is 5. The molecule has 3 aliphatic rings. The summed E-state index contributed by atoms with van der Waals surface area (Å²) >= 11 is 0. The highest BCUT2D eigenvalue weighted by molar-refractivity contribution is 5.82. The quantitative estimate of drug-likeness (QED) is 0.838. The number of rotatable bonds is 6. The maximum Gasteiger partial charge on any atom is 0.237 e. The predicted octanol–water partition coefficient (Wildman–Crippen LogP) is 1.12. The molecule has 1 aromatic heterocycles. The molecule has 1 N–H and O–H groups in total. The van der Waals surface area contributed by atoms with Gasteiger partial charge in [0.2, 0.25) is 11.8 Å². The largest absolute Gasteiger partial charge is 0.481 e. The highest BCUT2D eigenvalue weighted by atomic mass is 16.5. The first-order valence-electron chi connectivity index (χ1n) is 9.35. The molecule has 0 spiro atoms. The van der Waals surface area contributed by atoms with Crippen molar-refractivity contribution < 1.29 is 9.53 Å². The first kappa shape index (κ1) is 16.8. The van der Waals surface area contributed by atoms with E-state index in [9.17, 15) is 4.79 Å². The monoisotopic (exact) mass is 344 g/mol. The summed E-state index contributed by atoms with van der Waals surface area (Å²) < 4.78 is 5.37. The summed E-state index contributed by atoms with van der Waals surface area (Å²) in [7, 11) is 3.78. The van der Waals surface area contributed by atoms with Crippen molar-refractivity contribution in [3.05, 3.63) is 23.9 Å². The predicted molar refractivity (Wildman–Crippen MR) is 95.2 cm³/mol. The number of fused-ring (bicyclic) bond motifs is 1. The second kappa shape index (κ2) is 6.92. The maximum absolute atomic E-state index is 12.5. The van der Waals surface area contributed by atoms with Crippen LogP contribution in [0.15, 0.2) is 18.3 Å². The van der Waals surface area contributed by atoms with Gasteiger partial charge in [0.1, 0.15) is 0 Å². The van der Waals surface area contributed by atoms with E-state index in [0.717, 1.165) is 44.1 Å². The van der Waals surface area contributed by atoms with Crippen molar-refractivity contribution in [3.63, 3.8) is 0 Å². The molecule has 1 aromatic rings. The summed E-state index contributed by atoms with van der Waals surface area (Å²) in [4.78, 5) is 21.5. The van der Waals surface area contributed by atoms with Crippen LogP contribution in [0.1, 0.15) is 24.8 Å². The second-order valence-electron chi connectivity index (χ2n) is 7.80. The Morgan fingerprint density at radius 3 is 2.96 bits per heavy atom. The normalized spacial score (nSPS) is 29.6. The molecule has 0 unspecified atom stereocenters. The number of nitrogens with zero attached hydrogens (tertiary/aromatic N) is 3. The van der Waals surface area contributed by atoms with Crippen LogP contribution in [-0.2, 0) is 11.3 Å². The van der Waals surface area contributed by atoms with Crippen molar-refractivity contribution in [1.82, 2.24) is 20.1 Å². The van der Waals surface area contributed by atoms with Gasteiger partial charge in [0, 0.05) is 44.0 Å². The van der Waals surface area contributed by atoms with Gasteiger partial charge in [-0.25, -0.2) is 4.98 Å². The minimum absolute atomic E-state index is 0.0452. The summed E-state index contributed by atoms with van der Waals surface area (Å²) in [5.74, 6) is 2.25. The molecule has 25 heavy (non-hydrogen) atoms. The number of hydrogen-bond donors (Lipinski definition) is 1. The Bertz CT molecular complexity index is 634. The van der Waals surface area contributed by atoms with E-state index in [1.165, 1.54) is 12.8 Å². The van der Waals surface area contributed by atoms with E-state index in [1.54, 1.807) is 13.3 Å². The molecule has 136 valence electrons. The van der Waals surface area contributed by atoms with Gasteiger partial charge >= 0.3 is 0 Å². The van der Waals surface area contributed by atoms with Crippen molar-refractivity contribution in [1.29, 1.82) is 0 Å². The fourth-order valence-electron chi connectivity index (χ4n) is 4.39. The Labute approximate surface area is 149 Å². The number of methoxy groups -OCH3 is 1. The third-order valence-corrected chi connectivity index (χ3v) is 6.02. The van der Waals surface area contributed by atoms with E-state index in [0.29, 0.717) is 17.8 Å². The van der Waals surface area contributed by atoms with Gasteiger partial charge < -0.3 is 10.1 Å². The Morgan fingerprint density at radius 1 is 1.40 bits per heavy atom.